The zero-order chi connectivity index (χ0) is 12.3. The van der Waals surface area contributed by atoms with E-state index in [4.69, 9.17) is 0 Å². The third kappa shape index (κ3) is 3.07. The molecule has 2 aromatic carbocycles. The zero-order valence-electron chi connectivity index (χ0n) is 9.50. The molecule has 3 heteroatoms. The van der Waals surface area contributed by atoms with Crippen molar-refractivity contribution in [3.05, 3.63) is 63.9 Å². The lowest BCUT2D eigenvalue weighted by Gasteiger charge is -2.09. The summed E-state index contributed by atoms with van der Waals surface area (Å²) in [7, 11) is 0. The first-order valence-electron chi connectivity index (χ1n) is 5.40. The van der Waals surface area contributed by atoms with Gasteiger partial charge in [0.15, 0.2) is 0 Å². The highest BCUT2D eigenvalue weighted by Crippen LogP contribution is 2.25. The van der Waals surface area contributed by atoms with Gasteiger partial charge in [-0.2, -0.15) is 0 Å². The Bertz CT molecular complexity index is 488. The molecule has 0 heterocycles. The maximum Gasteiger partial charge on any atom is 0.147 e. The fraction of sp³-hybridized carbons (Fsp3) is 0.143. The van der Waals surface area contributed by atoms with Gasteiger partial charge in [0.25, 0.3) is 0 Å². The first kappa shape index (κ1) is 12.1. The smallest absolute Gasteiger partial charge is 0.147 e. The number of halogens is 2. The Morgan fingerprint density at radius 2 is 1.82 bits per heavy atom. The molecule has 0 unspecified atom stereocenters. The molecule has 0 atom stereocenters. The predicted octanol–water partition coefficient (Wildman–Crippen LogP) is 4.51. The number of hydrogen-bond donors (Lipinski definition) is 1. The molecule has 0 fully saturated rings. The van der Waals surface area contributed by atoms with E-state index in [1.807, 2.05) is 37.3 Å². The highest BCUT2D eigenvalue weighted by atomic mass is 79.9. The number of hydrogen-bond acceptors (Lipinski definition) is 1. The van der Waals surface area contributed by atoms with Crippen LogP contribution in [0.1, 0.15) is 11.1 Å². The minimum absolute atomic E-state index is 0.244. The largest absolute Gasteiger partial charge is 0.378 e. The van der Waals surface area contributed by atoms with E-state index < -0.39 is 0 Å². The number of aryl methyl sites for hydroxylation is 1. The summed E-state index contributed by atoms with van der Waals surface area (Å²) in [4.78, 5) is 0. The minimum atomic E-state index is -0.244. The Kier molecular flexibility index (Phi) is 3.79. The lowest BCUT2D eigenvalue weighted by molar-refractivity contribution is 0.629. The minimum Gasteiger partial charge on any atom is -0.378 e. The standard InChI is InChI=1S/C14H13BrFN/c1-10-5-7-11(8-6-10)9-17-14-12(15)3-2-4-13(14)16/h2-8,17H,9H2,1H3. The first-order valence-corrected chi connectivity index (χ1v) is 6.19. The maximum absolute atomic E-state index is 13.5. The second kappa shape index (κ2) is 5.32. The SMILES string of the molecule is Cc1ccc(CNc2c(F)cccc2Br)cc1. The van der Waals surface area contributed by atoms with Gasteiger partial charge >= 0.3 is 0 Å². The van der Waals surface area contributed by atoms with E-state index in [1.54, 1.807) is 6.07 Å². The van der Waals surface area contributed by atoms with Crippen molar-refractivity contribution < 1.29 is 4.39 Å². The van der Waals surface area contributed by atoms with Crippen LogP contribution in [0.5, 0.6) is 0 Å². The van der Waals surface area contributed by atoms with Crippen molar-refractivity contribution in [3.8, 4) is 0 Å². The molecule has 2 rings (SSSR count). The van der Waals surface area contributed by atoms with Gasteiger partial charge in [-0.3, -0.25) is 0 Å². The number of para-hydroxylation sites is 1. The van der Waals surface area contributed by atoms with Crippen LogP contribution < -0.4 is 5.32 Å². The molecule has 0 aliphatic carbocycles. The summed E-state index contributed by atoms with van der Waals surface area (Å²) in [5, 5.41) is 3.10. The van der Waals surface area contributed by atoms with Crippen molar-refractivity contribution in [2.75, 3.05) is 5.32 Å². The van der Waals surface area contributed by atoms with Gasteiger partial charge in [-0.1, -0.05) is 35.9 Å². The number of anilines is 1. The molecule has 1 N–H and O–H groups in total. The van der Waals surface area contributed by atoms with Crippen molar-refractivity contribution >= 4 is 21.6 Å². The lowest BCUT2D eigenvalue weighted by Crippen LogP contribution is -2.02. The molecule has 17 heavy (non-hydrogen) atoms. The van der Waals surface area contributed by atoms with Gasteiger partial charge in [-0.25, -0.2) is 4.39 Å². The molecule has 0 aromatic heterocycles. The van der Waals surface area contributed by atoms with Gasteiger partial charge in [0.05, 0.1) is 5.69 Å². The molecule has 0 saturated heterocycles. The fourth-order valence-corrected chi connectivity index (χ4v) is 2.05. The molecule has 88 valence electrons. The van der Waals surface area contributed by atoms with Crippen LogP contribution in [-0.2, 0) is 6.54 Å². The molecule has 0 amide bonds. The van der Waals surface area contributed by atoms with Crippen molar-refractivity contribution in [2.24, 2.45) is 0 Å². The predicted molar refractivity (Wildman–Crippen MR) is 72.6 cm³/mol. The van der Waals surface area contributed by atoms with E-state index in [0.29, 0.717) is 12.2 Å². The number of benzene rings is 2. The lowest BCUT2D eigenvalue weighted by atomic mass is 10.1. The summed E-state index contributed by atoms with van der Waals surface area (Å²) in [6, 6.07) is 13.1. The van der Waals surface area contributed by atoms with Crippen LogP contribution in [-0.4, -0.2) is 0 Å². The van der Waals surface area contributed by atoms with Crippen molar-refractivity contribution in [1.82, 2.24) is 0 Å². The third-order valence-electron chi connectivity index (χ3n) is 2.55. The molecule has 1 nitrogen and oxygen atoms in total. The van der Waals surface area contributed by atoms with Gasteiger partial charge in [-0.15, -0.1) is 0 Å². The molecular formula is C14H13BrFN. The van der Waals surface area contributed by atoms with E-state index in [2.05, 4.69) is 21.2 Å². The topological polar surface area (TPSA) is 12.0 Å². The van der Waals surface area contributed by atoms with Crippen LogP contribution in [0.4, 0.5) is 10.1 Å². The van der Waals surface area contributed by atoms with Gasteiger partial charge < -0.3 is 5.32 Å². The molecule has 0 aliphatic rings. The Morgan fingerprint density at radius 1 is 1.12 bits per heavy atom. The fourth-order valence-electron chi connectivity index (χ4n) is 1.56. The highest BCUT2D eigenvalue weighted by molar-refractivity contribution is 9.10. The summed E-state index contributed by atoms with van der Waals surface area (Å²) in [5.74, 6) is -0.244. The van der Waals surface area contributed by atoms with Crippen molar-refractivity contribution in [1.29, 1.82) is 0 Å². The monoisotopic (exact) mass is 293 g/mol. The van der Waals surface area contributed by atoms with E-state index in [-0.39, 0.29) is 5.82 Å². The van der Waals surface area contributed by atoms with Crippen LogP contribution in [0.2, 0.25) is 0 Å². The summed E-state index contributed by atoms with van der Waals surface area (Å²) in [6.45, 7) is 2.66. The van der Waals surface area contributed by atoms with Gasteiger partial charge in [0.1, 0.15) is 5.82 Å². The van der Waals surface area contributed by atoms with E-state index in [0.717, 1.165) is 10.0 Å². The Hall–Kier alpha value is -1.35. The molecule has 2 aromatic rings. The molecule has 0 aliphatic heterocycles. The highest BCUT2D eigenvalue weighted by Gasteiger charge is 2.05. The number of rotatable bonds is 3. The Labute approximate surface area is 109 Å². The molecule has 0 bridgehead atoms. The normalized spacial score (nSPS) is 10.3. The van der Waals surface area contributed by atoms with Gasteiger partial charge in [0, 0.05) is 11.0 Å². The average Bonchev–Trinajstić information content (AvgIpc) is 2.31. The molecule has 0 spiro atoms. The number of nitrogens with one attached hydrogen (secondary N) is 1. The van der Waals surface area contributed by atoms with Gasteiger partial charge in [0.2, 0.25) is 0 Å². The van der Waals surface area contributed by atoms with Crippen molar-refractivity contribution in [3.63, 3.8) is 0 Å². The quantitative estimate of drug-likeness (QED) is 0.878. The first-order chi connectivity index (χ1) is 8.16. The Balaban J connectivity index is 2.10. The summed E-state index contributed by atoms with van der Waals surface area (Å²) in [6.07, 6.45) is 0. The zero-order valence-corrected chi connectivity index (χ0v) is 11.1. The second-order valence-electron chi connectivity index (χ2n) is 3.94. The molecule has 0 saturated carbocycles. The summed E-state index contributed by atoms with van der Waals surface area (Å²) in [5.41, 5.74) is 2.86. The third-order valence-corrected chi connectivity index (χ3v) is 3.21. The van der Waals surface area contributed by atoms with Crippen LogP contribution >= 0.6 is 15.9 Å². The van der Waals surface area contributed by atoms with Crippen molar-refractivity contribution in [2.45, 2.75) is 13.5 Å². The van der Waals surface area contributed by atoms with Crippen LogP contribution in [0.25, 0.3) is 0 Å². The van der Waals surface area contributed by atoms with E-state index in [1.165, 1.54) is 11.6 Å². The summed E-state index contributed by atoms with van der Waals surface area (Å²) < 4.78 is 14.3. The maximum atomic E-state index is 13.5. The van der Waals surface area contributed by atoms with E-state index in [9.17, 15) is 4.39 Å². The van der Waals surface area contributed by atoms with Crippen LogP contribution in [0, 0.1) is 12.7 Å². The Morgan fingerprint density at radius 3 is 2.47 bits per heavy atom. The van der Waals surface area contributed by atoms with Crippen LogP contribution in [0.3, 0.4) is 0 Å². The summed E-state index contributed by atoms with van der Waals surface area (Å²) >= 11 is 3.33. The van der Waals surface area contributed by atoms with Crippen LogP contribution in [0.15, 0.2) is 46.9 Å². The average molecular weight is 294 g/mol. The van der Waals surface area contributed by atoms with E-state index >= 15 is 0 Å². The molecular weight excluding hydrogens is 281 g/mol. The second-order valence-corrected chi connectivity index (χ2v) is 4.79. The van der Waals surface area contributed by atoms with Gasteiger partial charge in [-0.05, 0) is 40.5 Å². The molecule has 0 radical (unpaired) electrons.